The average Bonchev–Trinajstić information content (AvgIpc) is 2.35. The van der Waals surface area contributed by atoms with Crippen molar-refractivity contribution >= 4 is 16.0 Å². The van der Waals surface area contributed by atoms with Gasteiger partial charge < -0.3 is 9.47 Å². The van der Waals surface area contributed by atoms with E-state index in [9.17, 15) is 17.6 Å². The van der Waals surface area contributed by atoms with E-state index in [1.165, 1.54) is 18.3 Å². The lowest BCUT2D eigenvalue weighted by molar-refractivity contribution is -0.155. The van der Waals surface area contributed by atoms with Crippen LogP contribution in [0, 0.1) is 0 Å². The summed E-state index contributed by atoms with van der Waals surface area (Å²) in [5, 5.41) is 5.06. The Labute approximate surface area is 115 Å². The molecule has 0 radical (unpaired) electrons. The summed E-state index contributed by atoms with van der Waals surface area (Å²) in [6.45, 7) is -0.0423. The maximum absolute atomic E-state index is 11.7. The highest BCUT2D eigenvalue weighted by atomic mass is 32.2. The van der Waals surface area contributed by atoms with Crippen LogP contribution in [0.1, 0.15) is 12.6 Å². The molecule has 1 unspecified atom stereocenters. The second kappa shape index (κ2) is 7.27. The monoisotopic (exact) mass is 306 g/mol. The Kier molecular flexibility index (Phi) is 5.99. The number of rotatable bonds is 7. The number of sulfonamides is 1. The maximum atomic E-state index is 11.7. The fraction of sp³-hybridized carbons (Fsp3) is 0.455. The molecule has 0 fully saturated rings. The van der Waals surface area contributed by atoms with Gasteiger partial charge in [0.15, 0.2) is 6.86 Å². The standard InChI is InChI=1S/C11H15FN2O5S/c1-8(19-11(15)6-18-7-12)5-9-10(20(13,16)17)3-2-4-14-9/h2-4,8H,5-7H2,1H3,(H2,13,16,17). The highest BCUT2D eigenvalue weighted by Crippen LogP contribution is 2.14. The van der Waals surface area contributed by atoms with Crippen molar-refractivity contribution in [3.8, 4) is 0 Å². The Hall–Kier alpha value is -1.58. The molecule has 0 bridgehead atoms. The van der Waals surface area contributed by atoms with Gasteiger partial charge in [-0.15, -0.1) is 0 Å². The molecule has 1 atom stereocenters. The lowest BCUT2D eigenvalue weighted by atomic mass is 10.2. The second-order valence-corrected chi connectivity index (χ2v) is 5.49. The van der Waals surface area contributed by atoms with Gasteiger partial charge in [-0.3, -0.25) is 4.98 Å². The predicted molar refractivity (Wildman–Crippen MR) is 66.8 cm³/mol. The quantitative estimate of drug-likeness (QED) is 0.718. The molecule has 112 valence electrons. The third-order valence-electron chi connectivity index (χ3n) is 2.27. The fourth-order valence-electron chi connectivity index (χ4n) is 1.53. The van der Waals surface area contributed by atoms with Gasteiger partial charge in [0.05, 0.1) is 5.69 Å². The molecule has 0 aromatic carbocycles. The van der Waals surface area contributed by atoms with Crippen molar-refractivity contribution in [2.24, 2.45) is 5.14 Å². The molecule has 0 saturated carbocycles. The van der Waals surface area contributed by atoms with Crippen LogP contribution in [0.3, 0.4) is 0 Å². The van der Waals surface area contributed by atoms with Crippen molar-refractivity contribution in [2.75, 3.05) is 13.5 Å². The second-order valence-electron chi connectivity index (χ2n) is 3.96. The van der Waals surface area contributed by atoms with Crippen LogP contribution in [-0.2, 0) is 30.7 Å². The molecule has 20 heavy (non-hydrogen) atoms. The molecule has 0 aliphatic heterocycles. The number of primary sulfonamides is 1. The van der Waals surface area contributed by atoms with Crippen molar-refractivity contribution in [1.29, 1.82) is 0 Å². The summed E-state index contributed by atoms with van der Waals surface area (Å²) in [6.07, 6.45) is 0.819. The fourth-order valence-corrected chi connectivity index (χ4v) is 2.26. The van der Waals surface area contributed by atoms with Crippen LogP contribution in [0.5, 0.6) is 0 Å². The van der Waals surface area contributed by atoms with Crippen molar-refractivity contribution < 1.29 is 27.1 Å². The van der Waals surface area contributed by atoms with Crippen LogP contribution in [0.4, 0.5) is 4.39 Å². The summed E-state index contributed by atoms with van der Waals surface area (Å²) in [4.78, 5) is 15.0. The zero-order chi connectivity index (χ0) is 15.2. The number of aromatic nitrogens is 1. The number of nitrogens with zero attached hydrogens (tertiary/aromatic N) is 1. The van der Waals surface area contributed by atoms with Crippen molar-refractivity contribution in [3.05, 3.63) is 24.0 Å². The topological polar surface area (TPSA) is 109 Å². The normalized spacial score (nSPS) is 12.9. The summed E-state index contributed by atoms with van der Waals surface area (Å²) < 4.78 is 43.6. The highest BCUT2D eigenvalue weighted by Gasteiger charge is 2.18. The lowest BCUT2D eigenvalue weighted by Crippen LogP contribution is -2.23. The molecule has 0 aliphatic carbocycles. The summed E-state index contributed by atoms with van der Waals surface area (Å²) >= 11 is 0. The number of hydrogen-bond donors (Lipinski definition) is 1. The van der Waals surface area contributed by atoms with E-state index in [4.69, 9.17) is 9.88 Å². The van der Waals surface area contributed by atoms with Crippen LogP contribution in [0.2, 0.25) is 0 Å². The van der Waals surface area contributed by atoms with Crippen LogP contribution < -0.4 is 5.14 Å². The molecule has 0 amide bonds. The van der Waals surface area contributed by atoms with E-state index in [0.717, 1.165) is 0 Å². The van der Waals surface area contributed by atoms with E-state index < -0.39 is 35.6 Å². The first-order valence-corrected chi connectivity index (χ1v) is 7.19. The minimum atomic E-state index is -3.90. The third-order valence-corrected chi connectivity index (χ3v) is 3.25. The average molecular weight is 306 g/mol. The Balaban J connectivity index is 2.72. The van der Waals surface area contributed by atoms with Gasteiger partial charge in [-0.05, 0) is 19.1 Å². The number of hydrogen-bond acceptors (Lipinski definition) is 6. The van der Waals surface area contributed by atoms with Crippen LogP contribution in [0.15, 0.2) is 23.2 Å². The summed E-state index contributed by atoms with van der Waals surface area (Å²) in [7, 11) is -3.90. The number of carbonyl (C=O) groups excluding carboxylic acids is 1. The zero-order valence-electron chi connectivity index (χ0n) is 10.8. The zero-order valence-corrected chi connectivity index (χ0v) is 11.6. The Morgan fingerprint density at radius 1 is 1.55 bits per heavy atom. The van der Waals surface area contributed by atoms with Gasteiger partial charge in [0.25, 0.3) is 0 Å². The smallest absolute Gasteiger partial charge is 0.332 e. The van der Waals surface area contributed by atoms with E-state index in [1.54, 1.807) is 6.92 Å². The van der Waals surface area contributed by atoms with Crippen molar-refractivity contribution in [2.45, 2.75) is 24.3 Å². The molecule has 9 heteroatoms. The van der Waals surface area contributed by atoms with E-state index in [0.29, 0.717) is 0 Å². The van der Waals surface area contributed by atoms with Gasteiger partial charge in [0.1, 0.15) is 17.6 Å². The number of halogens is 1. The molecule has 0 saturated heterocycles. The van der Waals surface area contributed by atoms with Gasteiger partial charge in [-0.1, -0.05) is 0 Å². The molecule has 0 spiro atoms. The van der Waals surface area contributed by atoms with E-state index in [1.807, 2.05) is 0 Å². The SMILES string of the molecule is CC(Cc1ncccc1S(N)(=O)=O)OC(=O)COCF. The lowest BCUT2D eigenvalue weighted by Gasteiger charge is -2.14. The predicted octanol–water partition coefficient (Wildman–Crippen LogP) is 0.147. The van der Waals surface area contributed by atoms with Crippen molar-refractivity contribution in [1.82, 2.24) is 4.98 Å². The summed E-state index contributed by atoms with van der Waals surface area (Å²) in [6, 6.07) is 2.76. The Bertz CT molecular complexity index is 564. The van der Waals surface area contributed by atoms with Gasteiger partial charge in [0.2, 0.25) is 10.0 Å². The molecule has 1 aromatic heterocycles. The molecule has 0 aliphatic rings. The first-order valence-electron chi connectivity index (χ1n) is 5.64. The number of carbonyl (C=O) groups is 1. The van der Waals surface area contributed by atoms with Crippen molar-refractivity contribution in [3.63, 3.8) is 0 Å². The first-order chi connectivity index (χ1) is 9.34. The summed E-state index contributed by atoms with van der Waals surface area (Å²) in [5.74, 6) is -0.747. The molecular formula is C11H15FN2O5S. The first kappa shape index (κ1) is 16.5. The van der Waals surface area contributed by atoms with Gasteiger partial charge in [-0.25, -0.2) is 22.7 Å². The molecule has 1 heterocycles. The largest absolute Gasteiger partial charge is 0.461 e. The number of esters is 1. The minimum Gasteiger partial charge on any atom is -0.461 e. The number of nitrogens with two attached hydrogens (primary N) is 1. The highest BCUT2D eigenvalue weighted by molar-refractivity contribution is 7.89. The number of alkyl halides is 1. The van der Waals surface area contributed by atoms with Gasteiger partial charge >= 0.3 is 5.97 Å². The maximum Gasteiger partial charge on any atom is 0.332 e. The third kappa shape index (κ3) is 5.19. The van der Waals surface area contributed by atoms with Gasteiger partial charge in [0, 0.05) is 12.6 Å². The minimum absolute atomic E-state index is 0.0635. The molecule has 7 nitrogen and oxygen atoms in total. The molecular weight excluding hydrogens is 291 g/mol. The van der Waals surface area contributed by atoms with Crippen LogP contribution >= 0.6 is 0 Å². The number of pyridine rings is 1. The van der Waals surface area contributed by atoms with Crippen LogP contribution in [0.25, 0.3) is 0 Å². The van der Waals surface area contributed by atoms with E-state index in [2.05, 4.69) is 9.72 Å². The Morgan fingerprint density at radius 3 is 2.85 bits per heavy atom. The molecule has 1 rings (SSSR count). The number of ether oxygens (including phenoxy) is 2. The van der Waals surface area contributed by atoms with E-state index >= 15 is 0 Å². The van der Waals surface area contributed by atoms with E-state index in [-0.39, 0.29) is 17.0 Å². The Morgan fingerprint density at radius 2 is 2.25 bits per heavy atom. The van der Waals surface area contributed by atoms with Crippen LogP contribution in [-0.4, -0.2) is 38.9 Å². The van der Waals surface area contributed by atoms with Gasteiger partial charge in [-0.2, -0.15) is 0 Å². The molecule has 1 aromatic rings. The molecule has 2 N–H and O–H groups in total. The summed E-state index contributed by atoms with van der Waals surface area (Å²) in [5.41, 5.74) is 0.196.